The summed E-state index contributed by atoms with van der Waals surface area (Å²) in [5.74, 6) is 0.518. The highest BCUT2D eigenvalue weighted by molar-refractivity contribution is 9.13. The third kappa shape index (κ3) is 3.93. The molecule has 0 bridgehead atoms. The van der Waals surface area contributed by atoms with Gasteiger partial charge < -0.3 is 10.1 Å². The van der Waals surface area contributed by atoms with Gasteiger partial charge in [0.15, 0.2) is 0 Å². The van der Waals surface area contributed by atoms with Gasteiger partial charge in [0.1, 0.15) is 11.4 Å². The molecule has 5 nitrogen and oxygen atoms in total. The van der Waals surface area contributed by atoms with Gasteiger partial charge in [0.05, 0.1) is 18.5 Å². The highest BCUT2D eigenvalue weighted by Gasteiger charge is 2.16. The summed E-state index contributed by atoms with van der Waals surface area (Å²) in [5.41, 5.74) is 2.70. The fourth-order valence-electron chi connectivity index (χ4n) is 2.35. The summed E-state index contributed by atoms with van der Waals surface area (Å²) in [5, 5.41) is 7.33. The van der Waals surface area contributed by atoms with Gasteiger partial charge in [0, 0.05) is 14.6 Å². The number of carbonyl (C=O) groups is 1. The van der Waals surface area contributed by atoms with Gasteiger partial charge in [-0.2, -0.15) is 5.10 Å². The largest absolute Gasteiger partial charge is 0.497 e. The highest BCUT2D eigenvalue weighted by Crippen LogP contribution is 2.26. The van der Waals surface area contributed by atoms with Crippen LogP contribution < -0.4 is 10.1 Å². The number of anilines is 1. The van der Waals surface area contributed by atoms with Gasteiger partial charge in [-0.15, -0.1) is 0 Å². The van der Waals surface area contributed by atoms with Crippen molar-refractivity contribution in [3.8, 4) is 11.4 Å². The smallest absolute Gasteiger partial charge is 0.274 e. The van der Waals surface area contributed by atoms with E-state index in [9.17, 15) is 4.79 Å². The SMILES string of the molecule is COc1ccc(-n2nc(C)cc2C(=O)Nc2ccc(Br)c(Br)c2)cc1. The van der Waals surface area contributed by atoms with E-state index in [0.29, 0.717) is 11.4 Å². The lowest BCUT2D eigenvalue weighted by Gasteiger charge is -2.10. The number of ether oxygens (including phenoxy) is 1. The molecule has 1 heterocycles. The summed E-state index contributed by atoms with van der Waals surface area (Å²) >= 11 is 6.85. The third-order valence-corrected chi connectivity index (χ3v) is 5.44. The van der Waals surface area contributed by atoms with E-state index in [1.54, 1.807) is 17.9 Å². The Morgan fingerprint density at radius 1 is 1.08 bits per heavy atom. The maximum atomic E-state index is 12.7. The molecule has 1 amide bonds. The van der Waals surface area contributed by atoms with Crippen LogP contribution >= 0.6 is 31.9 Å². The summed E-state index contributed by atoms with van der Waals surface area (Å²) in [6.07, 6.45) is 0. The van der Waals surface area contributed by atoms with E-state index in [1.165, 1.54) is 0 Å². The number of benzene rings is 2. The molecule has 7 heteroatoms. The molecule has 1 N–H and O–H groups in total. The Hall–Kier alpha value is -2.12. The molecule has 0 fully saturated rings. The lowest BCUT2D eigenvalue weighted by Crippen LogP contribution is -2.17. The van der Waals surface area contributed by atoms with Crippen LogP contribution in [-0.2, 0) is 0 Å². The predicted octanol–water partition coefficient (Wildman–Crippen LogP) is 4.97. The highest BCUT2D eigenvalue weighted by atomic mass is 79.9. The third-order valence-electron chi connectivity index (χ3n) is 3.56. The molecule has 0 saturated carbocycles. The van der Waals surface area contributed by atoms with E-state index in [4.69, 9.17) is 4.74 Å². The molecule has 2 aromatic carbocycles. The zero-order valence-corrected chi connectivity index (χ0v) is 16.8. The van der Waals surface area contributed by atoms with Crippen LogP contribution in [0, 0.1) is 6.92 Å². The lowest BCUT2D eigenvalue weighted by atomic mass is 10.2. The van der Waals surface area contributed by atoms with Gasteiger partial charge in [-0.1, -0.05) is 0 Å². The molecule has 1 aromatic heterocycles. The number of aromatic nitrogens is 2. The van der Waals surface area contributed by atoms with Crippen molar-refractivity contribution in [2.45, 2.75) is 6.92 Å². The average molecular weight is 465 g/mol. The number of rotatable bonds is 4. The number of nitrogens with one attached hydrogen (secondary N) is 1. The Morgan fingerprint density at radius 2 is 1.80 bits per heavy atom. The number of halogens is 2. The lowest BCUT2D eigenvalue weighted by molar-refractivity contribution is 0.101. The second-order valence-electron chi connectivity index (χ2n) is 5.36. The van der Waals surface area contributed by atoms with Crippen molar-refractivity contribution in [3.63, 3.8) is 0 Å². The topological polar surface area (TPSA) is 56.2 Å². The second kappa shape index (κ2) is 7.41. The first-order chi connectivity index (χ1) is 12.0. The van der Waals surface area contributed by atoms with Crippen LogP contribution in [-0.4, -0.2) is 22.8 Å². The van der Waals surface area contributed by atoms with E-state index >= 15 is 0 Å². The molecule has 3 aromatic rings. The van der Waals surface area contributed by atoms with Crippen molar-refractivity contribution in [2.24, 2.45) is 0 Å². The van der Waals surface area contributed by atoms with Crippen molar-refractivity contribution >= 4 is 43.5 Å². The number of carbonyl (C=O) groups excluding carboxylic acids is 1. The maximum Gasteiger partial charge on any atom is 0.274 e. The Balaban J connectivity index is 1.91. The molecular formula is C18H15Br2N3O2. The van der Waals surface area contributed by atoms with E-state index < -0.39 is 0 Å². The van der Waals surface area contributed by atoms with E-state index in [2.05, 4.69) is 42.3 Å². The number of nitrogens with zero attached hydrogens (tertiary/aromatic N) is 2. The summed E-state index contributed by atoms with van der Waals surface area (Å²) < 4.78 is 8.58. The van der Waals surface area contributed by atoms with Crippen molar-refractivity contribution in [2.75, 3.05) is 12.4 Å². The van der Waals surface area contributed by atoms with Gasteiger partial charge >= 0.3 is 0 Å². The summed E-state index contributed by atoms with van der Waals surface area (Å²) in [6, 6.07) is 14.7. The molecule has 0 saturated heterocycles. The van der Waals surface area contributed by atoms with Gasteiger partial charge in [-0.05, 0) is 87.3 Å². The van der Waals surface area contributed by atoms with E-state index in [-0.39, 0.29) is 5.91 Å². The van der Waals surface area contributed by atoms with Crippen LogP contribution in [0.5, 0.6) is 5.75 Å². The number of methoxy groups -OCH3 is 1. The van der Waals surface area contributed by atoms with E-state index in [1.807, 2.05) is 49.4 Å². The minimum atomic E-state index is -0.231. The zero-order valence-electron chi connectivity index (χ0n) is 13.6. The van der Waals surface area contributed by atoms with Crippen LogP contribution in [0.4, 0.5) is 5.69 Å². The number of amides is 1. The fraction of sp³-hybridized carbons (Fsp3) is 0.111. The molecule has 0 spiro atoms. The maximum absolute atomic E-state index is 12.7. The first-order valence-corrected chi connectivity index (χ1v) is 9.04. The Morgan fingerprint density at radius 3 is 2.44 bits per heavy atom. The van der Waals surface area contributed by atoms with Crippen LogP contribution in [0.2, 0.25) is 0 Å². The first-order valence-electron chi connectivity index (χ1n) is 7.45. The Labute approximate surface area is 162 Å². The summed E-state index contributed by atoms with van der Waals surface area (Å²) in [6.45, 7) is 1.85. The normalized spacial score (nSPS) is 10.6. The molecule has 0 aliphatic rings. The second-order valence-corrected chi connectivity index (χ2v) is 7.07. The molecule has 25 heavy (non-hydrogen) atoms. The average Bonchev–Trinajstić information content (AvgIpc) is 3.00. The summed E-state index contributed by atoms with van der Waals surface area (Å²) in [7, 11) is 1.61. The summed E-state index contributed by atoms with van der Waals surface area (Å²) in [4.78, 5) is 12.7. The van der Waals surface area contributed by atoms with Crippen LogP contribution in [0.1, 0.15) is 16.2 Å². The number of hydrogen-bond acceptors (Lipinski definition) is 3. The molecule has 0 aliphatic heterocycles. The molecule has 0 atom stereocenters. The molecule has 0 aliphatic carbocycles. The standard InChI is InChI=1S/C18H15Br2N3O2/c1-11-9-17(18(24)21-12-3-8-15(19)16(20)10-12)23(22-11)13-4-6-14(25-2)7-5-13/h3-10H,1-2H3,(H,21,24). The fourth-order valence-corrected chi connectivity index (χ4v) is 2.98. The van der Waals surface area contributed by atoms with Crippen molar-refractivity contribution in [1.82, 2.24) is 9.78 Å². The van der Waals surface area contributed by atoms with E-state index in [0.717, 1.165) is 26.1 Å². The van der Waals surface area contributed by atoms with Gasteiger partial charge in [0.2, 0.25) is 0 Å². The molecule has 0 unspecified atom stereocenters. The number of aryl methyl sites for hydroxylation is 1. The molecule has 0 radical (unpaired) electrons. The first kappa shape index (κ1) is 17.7. The van der Waals surface area contributed by atoms with Crippen LogP contribution in [0.25, 0.3) is 5.69 Å². The van der Waals surface area contributed by atoms with Gasteiger partial charge in [-0.3, -0.25) is 4.79 Å². The van der Waals surface area contributed by atoms with Crippen molar-refractivity contribution in [3.05, 3.63) is 68.9 Å². The molecular weight excluding hydrogens is 450 g/mol. The van der Waals surface area contributed by atoms with Crippen molar-refractivity contribution < 1.29 is 9.53 Å². The minimum absolute atomic E-state index is 0.231. The van der Waals surface area contributed by atoms with Crippen molar-refractivity contribution in [1.29, 1.82) is 0 Å². The van der Waals surface area contributed by atoms with Crippen LogP contribution in [0.15, 0.2) is 57.5 Å². The van der Waals surface area contributed by atoms with Gasteiger partial charge in [0.25, 0.3) is 5.91 Å². The quantitative estimate of drug-likeness (QED) is 0.593. The Bertz CT molecular complexity index is 921. The van der Waals surface area contributed by atoms with Crippen LogP contribution in [0.3, 0.4) is 0 Å². The Kier molecular flexibility index (Phi) is 5.24. The number of hydrogen-bond donors (Lipinski definition) is 1. The monoisotopic (exact) mass is 463 g/mol. The molecule has 128 valence electrons. The molecule has 3 rings (SSSR count). The predicted molar refractivity (Wildman–Crippen MR) is 105 cm³/mol. The minimum Gasteiger partial charge on any atom is -0.497 e. The van der Waals surface area contributed by atoms with Gasteiger partial charge in [-0.25, -0.2) is 4.68 Å². The zero-order chi connectivity index (χ0) is 18.0.